The first-order valence-corrected chi connectivity index (χ1v) is 9.03. The van der Waals surface area contributed by atoms with E-state index in [2.05, 4.69) is 30.9 Å². The number of aromatic nitrogens is 2. The first-order valence-electron chi connectivity index (χ1n) is 9.03. The zero-order valence-electron chi connectivity index (χ0n) is 16.1. The van der Waals surface area contributed by atoms with E-state index in [1.54, 1.807) is 0 Å². The fraction of sp³-hybridized carbons (Fsp3) is 0.389. The van der Waals surface area contributed by atoms with Crippen molar-refractivity contribution in [1.82, 2.24) is 20.6 Å². The van der Waals surface area contributed by atoms with E-state index < -0.39 is 23.5 Å². The second-order valence-electron chi connectivity index (χ2n) is 5.80. The van der Waals surface area contributed by atoms with Gasteiger partial charge in [0.2, 0.25) is 5.95 Å². The average Bonchev–Trinajstić information content (AvgIpc) is 2.69. The number of anilines is 1. The number of halogens is 5. The molecule has 0 aliphatic carbocycles. The summed E-state index contributed by atoms with van der Waals surface area (Å²) in [5.41, 5.74) is -1.03. The molecule has 0 spiro atoms. The van der Waals surface area contributed by atoms with Crippen LogP contribution in [0.4, 0.5) is 27.9 Å². The first kappa shape index (κ1) is 23.1. The van der Waals surface area contributed by atoms with Crippen LogP contribution in [-0.4, -0.2) is 48.7 Å². The van der Waals surface area contributed by atoms with Crippen molar-refractivity contribution in [2.24, 2.45) is 4.99 Å². The van der Waals surface area contributed by atoms with Crippen LogP contribution in [0, 0.1) is 11.6 Å². The van der Waals surface area contributed by atoms with Crippen LogP contribution in [0.25, 0.3) is 0 Å². The van der Waals surface area contributed by atoms with Crippen LogP contribution in [0.5, 0.6) is 5.75 Å². The molecule has 164 valence electrons. The maximum atomic E-state index is 13.5. The topological polar surface area (TPSA) is 83.5 Å². The zero-order chi connectivity index (χ0) is 22.0. The van der Waals surface area contributed by atoms with Crippen LogP contribution in [-0.2, 0) is 6.18 Å². The summed E-state index contributed by atoms with van der Waals surface area (Å²) in [5.74, 6) is -1.26. The Morgan fingerprint density at radius 1 is 1.13 bits per heavy atom. The second kappa shape index (κ2) is 11.1. The second-order valence-corrected chi connectivity index (χ2v) is 5.80. The van der Waals surface area contributed by atoms with Gasteiger partial charge in [-0.2, -0.15) is 13.2 Å². The van der Waals surface area contributed by atoms with Crippen LogP contribution < -0.4 is 20.7 Å². The van der Waals surface area contributed by atoms with E-state index >= 15 is 0 Å². The number of hydrogen-bond donors (Lipinski definition) is 3. The minimum Gasteiger partial charge on any atom is -0.489 e. The number of alkyl halides is 3. The summed E-state index contributed by atoms with van der Waals surface area (Å²) in [4.78, 5) is 11.4. The maximum Gasteiger partial charge on any atom is 0.433 e. The molecule has 1 aromatic heterocycles. The Labute approximate surface area is 169 Å². The molecule has 0 saturated heterocycles. The number of guanidine groups is 1. The van der Waals surface area contributed by atoms with E-state index in [-0.39, 0.29) is 37.9 Å². The first-order chi connectivity index (χ1) is 14.3. The molecule has 0 amide bonds. The minimum absolute atomic E-state index is 0.0644. The third kappa shape index (κ3) is 7.68. The molecule has 0 radical (unpaired) electrons. The lowest BCUT2D eigenvalue weighted by Crippen LogP contribution is -2.39. The Hall–Kier alpha value is -3.18. The SMILES string of the molecule is CCNC(=NCCNc1nccc(C(F)(F)F)n1)NCCOc1ccc(F)cc1F. The fourth-order valence-electron chi connectivity index (χ4n) is 2.20. The fourth-order valence-corrected chi connectivity index (χ4v) is 2.20. The molecule has 0 fully saturated rings. The number of hydrogen-bond acceptors (Lipinski definition) is 5. The lowest BCUT2D eigenvalue weighted by Gasteiger charge is -2.12. The number of nitrogens with one attached hydrogen (secondary N) is 3. The van der Waals surface area contributed by atoms with Crippen LogP contribution in [0.2, 0.25) is 0 Å². The predicted octanol–water partition coefficient (Wildman–Crippen LogP) is 2.82. The van der Waals surface area contributed by atoms with E-state index in [1.165, 1.54) is 6.07 Å². The van der Waals surface area contributed by atoms with Crippen molar-refractivity contribution in [2.75, 3.05) is 38.1 Å². The van der Waals surface area contributed by atoms with Crippen LogP contribution in [0.1, 0.15) is 12.6 Å². The summed E-state index contributed by atoms with van der Waals surface area (Å²) >= 11 is 0. The third-order valence-electron chi connectivity index (χ3n) is 3.50. The number of benzene rings is 1. The molecule has 0 unspecified atom stereocenters. The molecule has 12 heteroatoms. The molecule has 30 heavy (non-hydrogen) atoms. The van der Waals surface area contributed by atoms with Gasteiger partial charge in [0.25, 0.3) is 0 Å². The molecule has 1 aromatic carbocycles. The molecular formula is C18H21F5N6O. The van der Waals surface area contributed by atoms with Crippen molar-refractivity contribution >= 4 is 11.9 Å². The summed E-state index contributed by atoms with van der Waals surface area (Å²) in [6.07, 6.45) is -3.52. The Bertz CT molecular complexity index is 846. The molecule has 2 aromatic rings. The van der Waals surface area contributed by atoms with Crippen molar-refractivity contribution in [2.45, 2.75) is 13.1 Å². The van der Waals surface area contributed by atoms with Crippen molar-refractivity contribution in [1.29, 1.82) is 0 Å². The van der Waals surface area contributed by atoms with E-state index in [0.717, 1.165) is 24.4 Å². The van der Waals surface area contributed by atoms with E-state index in [4.69, 9.17) is 4.74 Å². The number of ether oxygens (including phenoxy) is 1. The Balaban J connectivity index is 1.77. The highest BCUT2D eigenvalue weighted by atomic mass is 19.4. The third-order valence-corrected chi connectivity index (χ3v) is 3.50. The average molecular weight is 432 g/mol. The zero-order valence-corrected chi connectivity index (χ0v) is 16.1. The minimum atomic E-state index is -4.54. The van der Waals surface area contributed by atoms with Gasteiger partial charge in [0.15, 0.2) is 17.5 Å². The summed E-state index contributed by atoms with van der Waals surface area (Å²) in [6.45, 7) is 3.24. The van der Waals surface area contributed by atoms with Crippen molar-refractivity contribution < 1.29 is 26.7 Å². The highest BCUT2D eigenvalue weighted by molar-refractivity contribution is 5.79. The summed E-state index contributed by atoms with van der Waals surface area (Å²) in [5, 5.41) is 8.61. The van der Waals surface area contributed by atoms with E-state index in [9.17, 15) is 22.0 Å². The Morgan fingerprint density at radius 2 is 1.93 bits per heavy atom. The standard InChI is InChI=1S/C18H21F5N6O/c1-2-24-16(28-9-10-30-14-4-3-12(19)11-13(14)20)26-7-8-27-17-25-6-5-15(29-17)18(21,22)23/h3-6,11H,2,7-10H2,1H3,(H2,24,26,28)(H,25,27,29). The van der Waals surface area contributed by atoms with Gasteiger partial charge in [-0.3, -0.25) is 4.99 Å². The Morgan fingerprint density at radius 3 is 2.63 bits per heavy atom. The maximum absolute atomic E-state index is 13.5. The van der Waals surface area contributed by atoms with Crippen molar-refractivity contribution in [3.05, 3.63) is 47.8 Å². The summed E-state index contributed by atoms with van der Waals surface area (Å²) in [6, 6.07) is 3.82. The van der Waals surface area contributed by atoms with Gasteiger partial charge in [0.05, 0.1) is 13.1 Å². The van der Waals surface area contributed by atoms with Gasteiger partial charge >= 0.3 is 6.18 Å². The number of rotatable bonds is 9. The smallest absolute Gasteiger partial charge is 0.433 e. The van der Waals surface area contributed by atoms with Crippen molar-refractivity contribution in [3.63, 3.8) is 0 Å². The predicted molar refractivity (Wildman–Crippen MR) is 101 cm³/mol. The molecule has 0 atom stereocenters. The molecule has 0 aliphatic rings. The van der Waals surface area contributed by atoms with Gasteiger partial charge < -0.3 is 20.7 Å². The van der Waals surface area contributed by atoms with E-state index in [1.807, 2.05) is 6.92 Å². The molecule has 7 nitrogen and oxygen atoms in total. The molecule has 0 saturated carbocycles. The lowest BCUT2D eigenvalue weighted by molar-refractivity contribution is -0.141. The molecule has 0 bridgehead atoms. The van der Waals surface area contributed by atoms with Crippen LogP contribution in [0.3, 0.4) is 0 Å². The molecule has 0 aliphatic heterocycles. The van der Waals surface area contributed by atoms with Crippen LogP contribution >= 0.6 is 0 Å². The molecular weight excluding hydrogens is 411 g/mol. The highest BCUT2D eigenvalue weighted by Crippen LogP contribution is 2.27. The van der Waals surface area contributed by atoms with Gasteiger partial charge in [-0.1, -0.05) is 0 Å². The van der Waals surface area contributed by atoms with Gasteiger partial charge in [0, 0.05) is 25.4 Å². The Kier molecular flexibility index (Phi) is 8.56. The number of nitrogens with zero attached hydrogens (tertiary/aromatic N) is 3. The summed E-state index contributed by atoms with van der Waals surface area (Å²) in [7, 11) is 0. The molecule has 2 rings (SSSR count). The quantitative estimate of drug-likeness (QED) is 0.245. The van der Waals surface area contributed by atoms with Crippen molar-refractivity contribution in [3.8, 4) is 5.75 Å². The monoisotopic (exact) mass is 432 g/mol. The normalized spacial score (nSPS) is 11.9. The van der Waals surface area contributed by atoms with Gasteiger partial charge in [0.1, 0.15) is 18.1 Å². The van der Waals surface area contributed by atoms with E-state index in [0.29, 0.717) is 12.5 Å². The molecule has 3 N–H and O–H groups in total. The largest absolute Gasteiger partial charge is 0.489 e. The van der Waals surface area contributed by atoms with Gasteiger partial charge in [-0.05, 0) is 25.1 Å². The van der Waals surface area contributed by atoms with Crippen LogP contribution in [0.15, 0.2) is 35.5 Å². The summed E-state index contributed by atoms with van der Waals surface area (Å²) < 4.78 is 69.5. The van der Waals surface area contributed by atoms with Gasteiger partial charge in [-0.15, -0.1) is 0 Å². The molecule has 1 heterocycles. The van der Waals surface area contributed by atoms with Gasteiger partial charge in [-0.25, -0.2) is 18.7 Å². The highest BCUT2D eigenvalue weighted by Gasteiger charge is 2.32. The lowest BCUT2D eigenvalue weighted by atomic mass is 10.3. The number of aliphatic imine (C=N–C) groups is 1.